The number of ether oxygens (including phenoxy) is 1. The van der Waals surface area contributed by atoms with Gasteiger partial charge in [0.15, 0.2) is 0 Å². The molecule has 3 atom stereocenters. The van der Waals surface area contributed by atoms with Crippen LogP contribution in [0.15, 0.2) is 206 Å². The van der Waals surface area contributed by atoms with E-state index in [0.717, 1.165) is 35.7 Å². The number of aryl methyl sites for hydroxylation is 2. The van der Waals surface area contributed by atoms with E-state index in [1.165, 1.54) is 90.7 Å². The molecule has 2 nitrogen and oxygen atoms in total. The molecule has 0 fully saturated rings. The quantitative estimate of drug-likeness (QED) is 0.114. The van der Waals surface area contributed by atoms with Crippen LogP contribution < -0.4 is 9.64 Å². The molecular formula is C71H67NO. The summed E-state index contributed by atoms with van der Waals surface area (Å²) in [5.74, 6) is 1.91. The fraction of sp³-hybridized carbons (Fsp3) is 0.239. The van der Waals surface area contributed by atoms with Crippen LogP contribution in [-0.2, 0) is 35.7 Å². The van der Waals surface area contributed by atoms with Gasteiger partial charge in [-0.2, -0.15) is 0 Å². The molecular weight excluding hydrogens is 883 g/mol. The van der Waals surface area contributed by atoms with Crippen LogP contribution in [0.2, 0.25) is 0 Å². The van der Waals surface area contributed by atoms with E-state index < -0.39 is 5.41 Å². The number of anilines is 3. The highest BCUT2D eigenvalue weighted by atomic mass is 16.5. The average molecular weight is 950 g/mol. The molecule has 2 heteroatoms. The predicted octanol–water partition coefficient (Wildman–Crippen LogP) is 18.5. The second kappa shape index (κ2) is 18.3. The first-order valence-electron chi connectivity index (χ1n) is 26.8. The van der Waals surface area contributed by atoms with Crippen molar-refractivity contribution in [2.75, 3.05) is 4.90 Å². The first kappa shape index (κ1) is 46.6. The highest BCUT2D eigenvalue weighted by Gasteiger charge is 2.47. The van der Waals surface area contributed by atoms with Crippen LogP contribution >= 0.6 is 0 Å². The maximum atomic E-state index is 6.62. The topological polar surface area (TPSA) is 12.5 Å². The van der Waals surface area contributed by atoms with Gasteiger partial charge < -0.3 is 9.64 Å². The Morgan fingerprint density at radius 3 is 1.70 bits per heavy atom. The van der Waals surface area contributed by atoms with Gasteiger partial charge in [0, 0.05) is 22.5 Å². The fourth-order valence-corrected chi connectivity index (χ4v) is 12.8. The molecule has 9 aromatic carbocycles. The van der Waals surface area contributed by atoms with E-state index in [4.69, 9.17) is 4.74 Å². The van der Waals surface area contributed by atoms with Gasteiger partial charge in [0.1, 0.15) is 12.4 Å². The van der Waals surface area contributed by atoms with Crippen molar-refractivity contribution in [3.8, 4) is 28.0 Å². The lowest BCUT2D eigenvalue weighted by atomic mass is 9.67. The minimum absolute atomic E-state index is 0.0186. The first-order valence-corrected chi connectivity index (χ1v) is 26.8. The van der Waals surface area contributed by atoms with Gasteiger partial charge in [0.25, 0.3) is 0 Å². The molecule has 9 aromatic rings. The summed E-state index contributed by atoms with van der Waals surface area (Å²) >= 11 is 0. The third kappa shape index (κ3) is 8.02. The lowest BCUT2D eigenvalue weighted by molar-refractivity contribution is 0.306. The Morgan fingerprint density at radius 2 is 1.07 bits per heavy atom. The van der Waals surface area contributed by atoms with Crippen LogP contribution in [0.3, 0.4) is 0 Å². The third-order valence-corrected chi connectivity index (χ3v) is 17.0. The Balaban J connectivity index is 0.898. The minimum Gasteiger partial charge on any atom is -0.489 e. The zero-order valence-electron chi connectivity index (χ0n) is 43.7. The molecule has 0 aliphatic heterocycles. The zero-order chi connectivity index (χ0) is 50.1. The number of nitrogens with zero attached hydrogens (tertiary/aromatic N) is 1. The smallest absolute Gasteiger partial charge is 0.119 e. The van der Waals surface area contributed by atoms with E-state index >= 15 is 0 Å². The molecule has 12 rings (SSSR count). The van der Waals surface area contributed by atoms with Gasteiger partial charge in [0.05, 0.1) is 5.41 Å². The van der Waals surface area contributed by atoms with Gasteiger partial charge in [0.2, 0.25) is 0 Å². The maximum Gasteiger partial charge on any atom is 0.119 e. The molecule has 0 saturated carbocycles. The van der Waals surface area contributed by atoms with Crippen molar-refractivity contribution >= 4 is 17.1 Å². The molecule has 3 aliphatic rings. The highest BCUT2D eigenvalue weighted by Crippen LogP contribution is 2.58. The van der Waals surface area contributed by atoms with Gasteiger partial charge in [-0.3, -0.25) is 0 Å². The van der Waals surface area contributed by atoms with Crippen molar-refractivity contribution in [2.24, 2.45) is 0 Å². The molecule has 73 heavy (non-hydrogen) atoms. The standard InChI is InChI=1S/C71H67NO/c1-8-49(52-28-26-51-27-29-53(51)43-52)42-47(2)50-24-22-48(23-25-50)46-73-60-38-34-56(35-39-60)71(55-32-30-54(31-33-55)69(3,4)5)66-21-15-13-19-62(66)64-41-37-59(45-68(64)71)72(57-16-10-9-11-17-57)58-36-40-63-61-18-12-14-20-65(61)70(6,7)67(63)44-58/h9-26,28,30-41,43-45,47,49H,8,27,29,42,46H2,1-7H3. The number of benzene rings is 9. The van der Waals surface area contributed by atoms with E-state index in [9.17, 15) is 0 Å². The van der Waals surface area contributed by atoms with Crippen LogP contribution in [0.1, 0.15) is 140 Å². The number of hydrogen-bond donors (Lipinski definition) is 0. The minimum atomic E-state index is -0.606. The SMILES string of the molecule is CCC(CC(C)c1ccc(COc2ccc(C3(c4ccc(C(C)(C)C)cc4)c4ccccc4-c4ccc(N(c5ccccc5)c5ccc6c(c5)C(C)(C)c5ccccc5-6)cc43)cc2)cc1)c1ccc2c(c1)CC2. The van der Waals surface area contributed by atoms with E-state index in [1.807, 2.05) is 0 Å². The number of hydrogen-bond acceptors (Lipinski definition) is 2. The molecule has 0 saturated heterocycles. The van der Waals surface area contributed by atoms with Crippen molar-refractivity contribution in [1.29, 1.82) is 0 Å². The van der Waals surface area contributed by atoms with E-state index in [2.05, 4.69) is 260 Å². The van der Waals surface area contributed by atoms with E-state index in [0.29, 0.717) is 18.4 Å². The van der Waals surface area contributed by atoms with E-state index in [-0.39, 0.29) is 10.8 Å². The molecule has 0 bridgehead atoms. The van der Waals surface area contributed by atoms with Crippen LogP contribution in [-0.4, -0.2) is 0 Å². The first-order chi connectivity index (χ1) is 35.4. The van der Waals surface area contributed by atoms with Crippen LogP contribution in [0.5, 0.6) is 5.75 Å². The normalized spacial score (nSPS) is 16.5. The predicted molar refractivity (Wildman–Crippen MR) is 305 cm³/mol. The second-order valence-electron chi connectivity index (χ2n) is 22.7. The Kier molecular flexibility index (Phi) is 11.7. The summed E-state index contributed by atoms with van der Waals surface area (Å²) in [6.07, 6.45) is 4.80. The molecule has 0 amide bonds. The number of rotatable bonds is 13. The molecule has 0 aromatic heterocycles. The van der Waals surface area contributed by atoms with Gasteiger partial charge in [-0.1, -0.05) is 206 Å². The highest BCUT2D eigenvalue weighted by molar-refractivity contribution is 5.91. The Labute approximate surface area is 434 Å². The summed E-state index contributed by atoms with van der Waals surface area (Å²) in [6, 6.07) is 78.0. The molecule has 362 valence electrons. The van der Waals surface area contributed by atoms with Crippen molar-refractivity contribution < 1.29 is 4.74 Å². The van der Waals surface area contributed by atoms with Gasteiger partial charge in [-0.25, -0.2) is 0 Å². The molecule has 0 spiro atoms. The Bertz CT molecular complexity index is 3480. The fourth-order valence-electron chi connectivity index (χ4n) is 12.8. The van der Waals surface area contributed by atoms with Crippen molar-refractivity contribution in [3.05, 3.63) is 273 Å². The summed E-state index contributed by atoms with van der Waals surface area (Å²) in [5.41, 5.74) is 24.1. The third-order valence-electron chi connectivity index (χ3n) is 17.0. The van der Waals surface area contributed by atoms with Gasteiger partial charge in [-0.15, -0.1) is 0 Å². The monoisotopic (exact) mass is 950 g/mol. The molecule has 3 aliphatic carbocycles. The van der Waals surface area contributed by atoms with Crippen molar-refractivity contribution in [3.63, 3.8) is 0 Å². The molecule has 3 unspecified atom stereocenters. The van der Waals surface area contributed by atoms with Gasteiger partial charge >= 0.3 is 0 Å². The summed E-state index contributed by atoms with van der Waals surface area (Å²) in [5, 5.41) is 0. The zero-order valence-corrected chi connectivity index (χ0v) is 43.7. The molecule has 0 radical (unpaired) electrons. The summed E-state index contributed by atoms with van der Waals surface area (Å²) in [4.78, 5) is 2.45. The van der Waals surface area contributed by atoms with Crippen LogP contribution in [0.25, 0.3) is 22.3 Å². The maximum absolute atomic E-state index is 6.62. The van der Waals surface area contributed by atoms with Crippen molar-refractivity contribution in [2.45, 2.75) is 109 Å². The lowest BCUT2D eigenvalue weighted by Crippen LogP contribution is -2.29. The Hall–Kier alpha value is -7.42. The summed E-state index contributed by atoms with van der Waals surface area (Å²) < 4.78 is 6.62. The number of para-hydroxylation sites is 1. The average Bonchev–Trinajstić information content (AvgIpc) is 3.83. The van der Waals surface area contributed by atoms with Gasteiger partial charge in [-0.05, 0) is 180 Å². The van der Waals surface area contributed by atoms with Crippen molar-refractivity contribution in [1.82, 2.24) is 0 Å². The summed E-state index contributed by atoms with van der Waals surface area (Å²) in [6.45, 7) is 16.9. The van der Waals surface area contributed by atoms with E-state index in [1.54, 1.807) is 11.1 Å². The largest absolute Gasteiger partial charge is 0.489 e. The lowest BCUT2D eigenvalue weighted by Gasteiger charge is -2.35. The Morgan fingerprint density at radius 1 is 0.507 bits per heavy atom. The molecule has 0 heterocycles. The summed E-state index contributed by atoms with van der Waals surface area (Å²) in [7, 11) is 0. The number of fused-ring (bicyclic) bond motifs is 7. The van der Waals surface area contributed by atoms with Crippen LogP contribution in [0, 0.1) is 0 Å². The van der Waals surface area contributed by atoms with Crippen LogP contribution in [0.4, 0.5) is 17.1 Å². The second-order valence-corrected chi connectivity index (χ2v) is 22.7. The molecule has 0 N–H and O–H groups in total.